The molecule has 0 spiro atoms. The average Bonchev–Trinajstić information content (AvgIpc) is 2.77. The van der Waals surface area contributed by atoms with Crippen LogP contribution in [0, 0.1) is 0 Å². The molecule has 0 unspecified atom stereocenters. The number of aliphatic hydroxyl groups is 1. The number of nitrogens with one attached hydrogen (secondary N) is 1. The Labute approximate surface area is 131 Å². The summed E-state index contributed by atoms with van der Waals surface area (Å²) in [4.78, 5) is -0.0746. The van der Waals surface area contributed by atoms with E-state index < -0.39 is 16.1 Å². The molecule has 8 heteroatoms. The van der Waals surface area contributed by atoms with Crippen LogP contribution in [-0.2, 0) is 10.0 Å². The summed E-state index contributed by atoms with van der Waals surface area (Å²) in [6, 6.07) is 10.1. The lowest BCUT2D eigenvalue weighted by Crippen LogP contribution is -2.28. The van der Waals surface area contributed by atoms with E-state index in [0.717, 1.165) is 11.3 Å². The monoisotopic (exact) mass is 351 g/mol. The van der Waals surface area contributed by atoms with E-state index in [1.54, 1.807) is 24.3 Å². The van der Waals surface area contributed by atoms with E-state index in [9.17, 15) is 13.5 Å². The minimum Gasteiger partial charge on any atom is -0.387 e. The quantitative estimate of drug-likeness (QED) is 0.869. The Kier molecular flexibility index (Phi) is 5.06. The molecule has 1 aromatic carbocycles. The molecule has 0 amide bonds. The summed E-state index contributed by atoms with van der Waals surface area (Å²) in [7, 11) is -3.79. The van der Waals surface area contributed by atoms with Crippen LogP contribution in [0.2, 0.25) is 8.67 Å². The highest BCUT2D eigenvalue weighted by Gasteiger charge is 2.22. The Bertz CT molecular complexity index is 686. The highest BCUT2D eigenvalue weighted by Crippen LogP contribution is 2.34. The van der Waals surface area contributed by atoms with Crippen LogP contribution in [0.25, 0.3) is 0 Å². The SMILES string of the molecule is O=S(=O)(NC[C@@H](O)c1ccccc1)c1cc(Cl)sc1Cl. The van der Waals surface area contributed by atoms with Gasteiger partial charge in [-0.15, -0.1) is 11.3 Å². The van der Waals surface area contributed by atoms with Gasteiger partial charge in [-0.2, -0.15) is 0 Å². The lowest BCUT2D eigenvalue weighted by Gasteiger charge is -2.12. The molecule has 0 saturated carbocycles. The van der Waals surface area contributed by atoms with Crippen LogP contribution in [0.3, 0.4) is 0 Å². The number of halogens is 2. The molecule has 0 aliphatic carbocycles. The molecule has 1 atom stereocenters. The van der Waals surface area contributed by atoms with Crippen molar-refractivity contribution >= 4 is 44.6 Å². The number of thiophene rings is 1. The zero-order chi connectivity index (χ0) is 14.8. The van der Waals surface area contributed by atoms with Gasteiger partial charge in [0.2, 0.25) is 10.0 Å². The van der Waals surface area contributed by atoms with Crippen molar-refractivity contribution in [2.75, 3.05) is 6.54 Å². The van der Waals surface area contributed by atoms with Gasteiger partial charge in [-0.25, -0.2) is 13.1 Å². The highest BCUT2D eigenvalue weighted by atomic mass is 35.5. The van der Waals surface area contributed by atoms with Crippen LogP contribution >= 0.6 is 34.5 Å². The molecule has 0 aliphatic rings. The van der Waals surface area contributed by atoms with E-state index in [1.807, 2.05) is 6.07 Å². The van der Waals surface area contributed by atoms with Gasteiger partial charge in [0.05, 0.1) is 10.4 Å². The third-order valence-corrected chi connectivity index (χ3v) is 5.74. The fourth-order valence-electron chi connectivity index (χ4n) is 1.57. The van der Waals surface area contributed by atoms with Crippen LogP contribution in [0.5, 0.6) is 0 Å². The van der Waals surface area contributed by atoms with Gasteiger partial charge >= 0.3 is 0 Å². The van der Waals surface area contributed by atoms with Crippen molar-refractivity contribution in [2.24, 2.45) is 0 Å². The zero-order valence-corrected chi connectivity index (χ0v) is 13.2. The van der Waals surface area contributed by atoms with Gasteiger partial charge in [0.25, 0.3) is 0 Å². The first-order valence-electron chi connectivity index (χ1n) is 5.57. The number of aliphatic hydroxyl groups excluding tert-OH is 1. The second kappa shape index (κ2) is 6.43. The molecule has 20 heavy (non-hydrogen) atoms. The molecule has 2 rings (SSSR count). The second-order valence-corrected chi connectivity index (χ2v) is 7.99. The van der Waals surface area contributed by atoms with Crippen molar-refractivity contribution < 1.29 is 13.5 Å². The molecule has 4 nitrogen and oxygen atoms in total. The first-order chi connectivity index (χ1) is 9.40. The van der Waals surface area contributed by atoms with Gasteiger partial charge < -0.3 is 5.11 Å². The van der Waals surface area contributed by atoms with E-state index in [1.165, 1.54) is 6.07 Å². The number of benzene rings is 1. The molecule has 0 radical (unpaired) electrons. The van der Waals surface area contributed by atoms with Crippen molar-refractivity contribution in [2.45, 2.75) is 11.0 Å². The normalized spacial score (nSPS) is 13.3. The summed E-state index contributed by atoms with van der Waals surface area (Å²) in [5, 5.41) is 9.92. The average molecular weight is 352 g/mol. The van der Waals surface area contributed by atoms with Gasteiger partial charge in [0.1, 0.15) is 9.23 Å². The number of rotatable bonds is 5. The summed E-state index contributed by atoms with van der Waals surface area (Å²) in [6.07, 6.45) is -0.932. The van der Waals surface area contributed by atoms with Gasteiger partial charge in [0.15, 0.2) is 0 Å². The summed E-state index contributed by atoms with van der Waals surface area (Å²) in [6.45, 7) is -0.143. The van der Waals surface area contributed by atoms with Gasteiger partial charge in [-0.1, -0.05) is 53.5 Å². The highest BCUT2D eigenvalue weighted by molar-refractivity contribution is 7.89. The smallest absolute Gasteiger partial charge is 0.243 e. The Morgan fingerprint density at radius 3 is 2.45 bits per heavy atom. The van der Waals surface area contributed by atoms with E-state index in [-0.39, 0.29) is 15.8 Å². The van der Waals surface area contributed by atoms with E-state index in [4.69, 9.17) is 23.2 Å². The molecule has 0 bridgehead atoms. The van der Waals surface area contributed by atoms with Crippen LogP contribution in [0.1, 0.15) is 11.7 Å². The molecule has 2 N–H and O–H groups in total. The topological polar surface area (TPSA) is 66.4 Å². The van der Waals surface area contributed by atoms with Crippen molar-refractivity contribution in [3.63, 3.8) is 0 Å². The van der Waals surface area contributed by atoms with E-state index >= 15 is 0 Å². The van der Waals surface area contributed by atoms with Crippen LogP contribution in [-0.4, -0.2) is 20.1 Å². The zero-order valence-electron chi connectivity index (χ0n) is 10.1. The number of hydrogen-bond acceptors (Lipinski definition) is 4. The van der Waals surface area contributed by atoms with Crippen LogP contribution in [0.15, 0.2) is 41.3 Å². The Morgan fingerprint density at radius 2 is 1.90 bits per heavy atom. The van der Waals surface area contributed by atoms with Crippen molar-refractivity contribution in [3.8, 4) is 0 Å². The first-order valence-corrected chi connectivity index (χ1v) is 8.63. The van der Waals surface area contributed by atoms with E-state index in [0.29, 0.717) is 9.90 Å². The van der Waals surface area contributed by atoms with Crippen molar-refractivity contribution in [3.05, 3.63) is 50.6 Å². The summed E-state index contributed by atoms with van der Waals surface area (Å²) in [5.41, 5.74) is 0.629. The molecule has 2 aromatic rings. The van der Waals surface area contributed by atoms with E-state index in [2.05, 4.69) is 4.72 Å². The van der Waals surface area contributed by atoms with Gasteiger partial charge in [-0.3, -0.25) is 0 Å². The molecular weight excluding hydrogens is 341 g/mol. The molecule has 0 aliphatic heterocycles. The largest absolute Gasteiger partial charge is 0.387 e. The number of hydrogen-bond donors (Lipinski definition) is 2. The third kappa shape index (κ3) is 3.72. The fourth-order valence-corrected chi connectivity index (χ4v) is 4.75. The van der Waals surface area contributed by atoms with Crippen molar-refractivity contribution in [1.82, 2.24) is 4.72 Å². The molecule has 1 heterocycles. The molecule has 1 aromatic heterocycles. The lowest BCUT2D eigenvalue weighted by molar-refractivity contribution is 0.182. The maximum Gasteiger partial charge on any atom is 0.243 e. The maximum absolute atomic E-state index is 12.0. The minimum absolute atomic E-state index is 0.0746. The Hall–Kier alpha value is -0.630. The third-order valence-electron chi connectivity index (χ3n) is 2.57. The van der Waals surface area contributed by atoms with Crippen LogP contribution in [0.4, 0.5) is 0 Å². The minimum atomic E-state index is -3.79. The van der Waals surface area contributed by atoms with Crippen LogP contribution < -0.4 is 4.72 Å². The fraction of sp³-hybridized carbons (Fsp3) is 0.167. The predicted molar refractivity (Wildman–Crippen MR) is 80.9 cm³/mol. The predicted octanol–water partition coefficient (Wildman–Crippen LogP) is 3.07. The maximum atomic E-state index is 12.0. The standard InChI is InChI=1S/C12H11Cl2NO3S2/c13-11-6-10(12(14)19-11)20(17,18)15-7-9(16)8-4-2-1-3-5-8/h1-6,9,15-16H,7H2/t9-/m1/s1. The Balaban J connectivity index is 2.08. The summed E-state index contributed by atoms with van der Waals surface area (Å²) >= 11 is 12.5. The van der Waals surface area contributed by atoms with Gasteiger partial charge in [-0.05, 0) is 11.6 Å². The summed E-state index contributed by atoms with van der Waals surface area (Å²) in [5.74, 6) is 0. The Morgan fingerprint density at radius 1 is 1.25 bits per heavy atom. The lowest BCUT2D eigenvalue weighted by atomic mass is 10.1. The van der Waals surface area contributed by atoms with Crippen molar-refractivity contribution in [1.29, 1.82) is 0 Å². The van der Waals surface area contributed by atoms with Gasteiger partial charge in [0, 0.05) is 6.54 Å². The molecule has 108 valence electrons. The summed E-state index contributed by atoms with van der Waals surface area (Å²) < 4.78 is 26.8. The number of sulfonamides is 1. The molecular formula is C12H11Cl2NO3S2. The second-order valence-electron chi connectivity index (χ2n) is 3.97. The first kappa shape index (κ1) is 15.8. The molecule has 0 saturated heterocycles. The molecule has 0 fully saturated rings.